The molecule has 0 aliphatic heterocycles. The fourth-order valence-corrected chi connectivity index (χ4v) is 4.91. The SMILES string of the molecule is CN(C)c1ccc(C(=C/C=C(/c2ccccc2)c2ccc(F)cc2)c2ccc(N(C)C)c(Cl)c2)cc1Cl. The average Bonchev–Trinajstić information content (AvgIpc) is 2.87. The Labute approximate surface area is 228 Å². The Kier molecular flexibility index (Phi) is 8.38. The molecular weight excluding hydrogens is 502 g/mol. The van der Waals surface area contributed by atoms with Crippen LogP contribution in [0.5, 0.6) is 0 Å². The van der Waals surface area contributed by atoms with E-state index in [4.69, 9.17) is 23.2 Å². The van der Waals surface area contributed by atoms with Crippen LogP contribution in [0.3, 0.4) is 0 Å². The molecule has 0 N–H and O–H groups in total. The monoisotopic (exact) mass is 530 g/mol. The van der Waals surface area contributed by atoms with E-state index < -0.39 is 0 Å². The molecule has 4 aromatic rings. The Morgan fingerprint density at radius 1 is 0.568 bits per heavy atom. The van der Waals surface area contributed by atoms with E-state index in [1.54, 1.807) is 12.1 Å². The molecule has 188 valence electrons. The summed E-state index contributed by atoms with van der Waals surface area (Å²) in [7, 11) is 7.87. The van der Waals surface area contributed by atoms with Crippen molar-refractivity contribution >= 4 is 45.7 Å². The number of halogens is 3. The van der Waals surface area contributed by atoms with Crippen molar-refractivity contribution in [2.45, 2.75) is 0 Å². The van der Waals surface area contributed by atoms with Crippen LogP contribution in [-0.4, -0.2) is 28.2 Å². The summed E-state index contributed by atoms with van der Waals surface area (Å²) in [5.41, 5.74) is 7.71. The second-order valence-electron chi connectivity index (χ2n) is 9.15. The minimum Gasteiger partial charge on any atom is -0.376 e. The standard InChI is InChI=1S/C32H29Cl2FN2/c1-36(2)31-18-12-24(20-29(31)33)28(25-13-19-32(37(3)4)30(34)21-25)17-16-27(22-8-6-5-7-9-22)23-10-14-26(35)15-11-23/h5-21H,1-4H3/b27-16-. The molecule has 0 radical (unpaired) electrons. The number of hydrogen-bond donors (Lipinski definition) is 0. The van der Waals surface area contributed by atoms with Gasteiger partial charge in [0.15, 0.2) is 0 Å². The van der Waals surface area contributed by atoms with Gasteiger partial charge in [-0.3, -0.25) is 0 Å². The molecule has 0 heterocycles. The molecule has 5 heteroatoms. The van der Waals surface area contributed by atoms with Crippen LogP contribution in [0, 0.1) is 5.82 Å². The molecule has 0 saturated heterocycles. The van der Waals surface area contributed by atoms with Crippen LogP contribution in [0.2, 0.25) is 10.0 Å². The van der Waals surface area contributed by atoms with E-state index >= 15 is 0 Å². The normalized spacial score (nSPS) is 11.3. The number of benzene rings is 4. The smallest absolute Gasteiger partial charge is 0.123 e. The van der Waals surface area contributed by atoms with Crippen LogP contribution >= 0.6 is 23.2 Å². The lowest BCUT2D eigenvalue weighted by Crippen LogP contribution is -2.09. The van der Waals surface area contributed by atoms with Gasteiger partial charge in [-0.05, 0) is 69.8 Å². The lowest BCUT2D eigenvalue weighted by Gasteiger charge is -2.18. The fraction of sp³-hybridized carbons (Fsp3) is 0.125. The van der Waals surface area contributed by atoms with E-state index in [1.807, 2.05) is 92.6 Å². The first kappa shape index (κ1) is 26.5. The molecule has 0 atom stereocenters. The number of hydrogen-bond acceptors (Lipinski definition) is 2. The van der Waals surface area contributed by atoms with Crippen LogP contribution in [0.4, 0.5) is 15.8 Å². The summed E-state index contributed by atoms with van der Waals surface area (Å²) in [4.78, 5) is 3.97. The third-order valence-corrected chi connectivity index (χ3v) is 6.74. The Hall–Kier alpha value is -3.53. The summed E-state index contributed by atoms with van der Waals surface area (Å²) >= 11 is 13.3. The highest BCUT2D eigenvalue weighted by Gasteiger charge is 2.13. The second-order valence-corrected chi connectivity index (χ2v) is 9.97. The number of anilines is 2. The lowest BCUT2D eigenvalue weighted by molar-refractivity contribution is 0.627. The van der Waals surface area contributed by atoms with Crippen molar-refractivity contribution in [3.8, 4) is 0 Å². The van der Waals surface area contributed by atoms with Gasteiger partial charge in [-0.15, -0.1) is 0 Å². The number of nitrogens with zero attached hydrogens (tertiary/aromatic N) is 2. The molecule has 0 aromatic heterocycles. The first-order valence-electron chi connectivity index (χ1n) is 11.9. The maximum absolute atomic E-state index is 13.7. The Bertz CT molecular complexity index is 1380. The van der Waals surface area contributed by atoms with Gasteiger partial charge in [0, 0.05) is 28.2 Å². The van der Waals surface area contributed by atoms with Crippen LogP contribution in [0.25, 0.3) is 11.1 Å². The largest absolute Gasteiger partial charge is 0.376 e. The van der Waals surface area contributed by atoms with E-state index in [9.17, 15) is 4.39 Å². The van der Waals surface area contributed by atoms with Gasteiger partial charge in [0.05, 0.1) is 21.4 Å². The van der Waals surface area contributed by atoms with E-state index in [-0.39, 0.29) is 5.82 Å². The molecule has 0 bridgehead atoms. The number of allylic oxidation sites excluding steroid dienone is 2. The van der Waals surface area contributed by atoms with Gasteiger partial charge in [0.1, 0.15) is 5.82 Å². The van der Waals surface area contributed by atoms with Crippen LogP contribution in [-0.2, 0) is 0 Å². The van der Waals surface area contributed by atoms with Crippen molar-refractivity contribution in [2.24, 2.45) is 0 Å². The first-order chi connectivity index (χ1) is 17.7. The zero-order valence-electron chi connectivity index (χ0n) is 21.3. The number of rotatable bonds is 7. The first-order valence-corrected chi connectivity index (χ1v) is 12.7. The van der Waals surface area contributed by atoms with Crippen LogP contribution in [0.1, 0.15) is 22.3 Å². The Morgan fingerprint density at radius 3 is 1.41 bits per heavy atom. The zero-order chi connectivity index (χ0) is 26.5. The molecule has 0 unspecified atom stereocenters. The molecule has 37 heavy (non-hydrogen) atoms. The van der Waals surface area contributed by atoms with E-state index in [0.29, 0.717) is 10.0 Å². The van der Waals surface area contributed by atoms with Crippen molar-refractivity contribution in [2.75, 3.05) is 38.0 Å². The van der Waals surface area contributed by atoms with Crippen LogP contribution in [0.15, 0.2) is 103 Å². The predicted molar refractivity (Wildman–Crippen MR) is 159 cm³/mol. The summed E-state index contributed by atoms with van der Waals surface area (Å²) in [6.45, 7) is 0. The second kappa shape index (κ2) is 11.7. The molecule has 2 nitrogen and oxygen atoms in total. The van der Waals surface area contributed by atoms with Gasteiger partial charge in [0.25, 0.3) is 0 Å². The molecule has 4 rings (SSSR count). The van der Waals surface area contributed by atoms with Gasteiger partial charge >= 0.3 is 0 Å². The third-order valence-electron chi connectivity index (χ3n) is 6.14. The molecule has 0 fully saturated rings. The van der Waals surface area contributed by atoms with Gasteiger partial charge in [-0.1, -0.05) is 90.0 Å². The average molecular weight is 532 g/mol. The molecule has 0 saturated carbocycles. The molecule has 4 aromatic carbocycles. The molecule has 0 spiro atoms. The molecule has 0 aliphatic carbocycles. The van der Waals surface area contributed by atoms with Crippen molar-refractivity contribution in [1.82, 2.24) is 0 Å². The quantitative estimate of drug-likeness (QED) is 0.220. The van der Waals surface area contributed by atoms with Gasteiger partial charge in [-0.25, -0.2) is 4.39 Å². The fourth-order valence-electron chi connectivity index (χ4n) is 4.21. The Morgan fingerprint density at radius 2 is 0.973 bits per heavy atom. The molecule has 0 amide bonds. The van der Waals surface area contributed by atoms with Crippen molar-refractivity contribution in [3.05, 3.63) is 141 Å². The van der Waals surface area contributed by atoms with Gasteiger partial charge in [0.2, 0.25) is 0 Å². The summed E-state index contributed by atoms with van der Waals surface area (Å²) in [6.07, 6.45) is 4.15. The lowest BCUT2D eigenvalue weighted by atomic mass is 9.93. The minimum atomic E-state index is -0.265. The van der Waals surface area contributed by atoms with Gasteiger partial charge < -0.3 is 9.80 Å². The van der Waals surface area contributed by atoms with Gasteiger partial charge in [-0.2, -0.15) is 0 Å². The summed E-state index contributed by atoms with van der Waals surface area (Å²) in [6, 6.07) is 28.8. The predicted octanol–water partition coefficient (Wildman–Crippen LogP) is 8.83. The molecule has 0 aliphatic rings. The van der Waals surface area contributed by atoms with E-state index in [2.05, 4.69) is 24.3 Å². The maximum Gasteiger partial charge on any atom is 0.123 e. The maximum atomic E-state index is 13.7. The molecular formula is C32H29Cl2FN2. The van der Waals surface area contributed by atoms with Crippen molar-refractivity contribution < 1.29 is 4.39 Å². The minimum absolute atomic E-state index is 0.265. The van der Waals surface area contributed by atoms with Crippen LogP contribution < -0.4 is 9.80 Å². The highest BCUT2D eigenvalue weighted by molar-refractivity contribution is 6.34. The van der Waals surface area contributed by atoms with Crippen molar-refractivity contribution in [1.29, 1.82) is 0 Å². The topological polar surface area (TPSA) is 6.48 Å². The Balaban J connectivity index is 1.92. The highest BCUT2D eigenvalue weighted by Crippen LogP contribution is 2.35. The summed E-state index contributed by atoms with van der Waals surface area (Å²) in [5.74, 6) is -0.265. The van der Waals surface area contributed by atoms with E-state index in [1.165, 1.54) is 12.1 Å². The zero-order valence-corrected chi connectivity index (χ0v) is 22.9. The summed E-state index contributed by atoms with van der Waals surface area (Å²) < 4.78 is 13.7. The summed E-state index contributed by atoms with van der Waals surface area (Å²) in [5, 5.41) is 1.32. The van der Waals surface area contributed by atoms with Crippen molar-refractivity contribution in [3.63, 3.8) is 0 Å². The van der Waals surface area contributed by atoms with E-state index in [0.717, 1.165) is 44.8 Å². The highest BCUT2D eigenvalue weighted by atomic mass is 35.5. The third kappa shape index (κ3) is 6.25.